The van der Waals surface area contributed by atoms with Crippen LogP contribution in [-0.2, 0) is 12.7 Å². The van der Waals surface area contributed by atoms with Gasteiger partial charge in [0.15, 0.2) is 5.69 Å². The highest BCUT2D eigenvalue weighted by molar-refractivity contribution is 7.09. The Labute approximate surface area is 139 Å². The fourth-order valence-corrected chi connectivity index (χ4v) is 2.72. The summed E-state index contributed by atoms with van der Waals surface area (Å²) in [5.41, 5.74) is -1.29. The van der Waals surface area contributed by atoms with E-state index in [1.54, 1.807) is 0 Å². The van der Waals surface area contributed by atoms with Gasteiger partial charge in [0.25, 0.3) is 11.5 Å². The zero-order valence-electron chi connectivity index (χ0n) is 12.9. The minimum atomic E-state index is -4.52. The van der Waals surface area contributed by atoms with Gasteiger partial charge in [0.1, 0.15) is 10.7 Å². The maximum atomic E-state index is 12.6. The molecule has 2 heterocycles. The fraction of sp³-hybridized carbons (Fsp3) is 0.429. The van der Waals surface area contributed by atoms with Gasteiger partial charge in [-0.1, -0.05) is 6.92 Å². The smallest absolute Gasteiger partial charge is 0.342 e. The van der Waals surface area contributed by atoms with Crippen LogP contribution in [0.4, 0.5) is 13.2 Å². The molecule has 1 N–H and O–H groups in total. The van der Waals surface area contributed by atoms with Gasteiger partial charge >= 0.3 is 6.18 Å². The van der Waals surface area contributed by atoms with Crippen molar-refractivity contribution in [2.24, 2.45) is 0 Å². The van der Waals surface area contributed by atoms with Crippen LogP contribution >= 0.6 is 11.3 Å². The first kappa shape index (κ1) is 18.1. The molecule has 0 saturated heterocycles. The van der Waals surface area contributed by atoms with Crippen LogP contribution in [0.25, 0.3) is 0 Å². The molecule has 0 bridgehead atoms. The van der Waals surface area contributed by atoms with Crippen molar-refractivity contribution >= 4 is 17.2 Å². The van der Waals surface area contributed by atoms with Crippen LogP contribution in [0.15, 0.2) is 22.3 Å². The van der Waals surface area contributed by atoms with Crippen LogP contribution in [0.1, 0.15) is 47.5 Å². The van der Waals surface area contributed by atoms with Gasteiger partial charge in [-0.25, -0.2) is 9.67 Å². The zero-order chi connectivity index (χ0) is 17.9. The van der Waals surface area contributed by atoms with Crippen molar-refractivity contribution in [1.82, 2.24) is 20.1 Å². The Bertz CT molecular complexity index is 785. The van der Waals surface area contributed by atoms with Crippen LogP contribution in [-0.4, -0.2) is 20.7 Å². The standard InChI is InChI=1S/C14H15F3N4O2S/c1-3-6-21-11(22)5-4-9(20-21)12(23)18-8(2)13-19-10(7-24-13)14(15,16)17/h4-5,7-8H,3,6H2,1-2H3,(H,18,23). The van der Waals surface area contributed by atoms with Gasteiger partial charge in [-0.05, 0) is 19.4 Å². The second-order valence-corrected chi connectivity index (χ2v) is 5.93. The summed E-state index contributed by atoms with van der Waals surface area (Å²) in [5.74, 6) is -0.587. The van der Waals surface area contributed by atoms with Crippen molar-refractivity contribution in [2.75, 3.05) is 0 Å². The lowest BCUT2D eigenvalue weighted by Gasteiger charge is -2.11. The van der Waals surface area contributed by atoms with Crippen molar-refractivity contribution in [3.05, 3.63) is 44.3 Å². The van der Waals surface area contributed by atoms with Crippen LogP contribution in [0.3, 0.4) is 0 Å². The summed E-state index contributed by atoms with van der Waals surface area (Å²) >= 11 is 0.814. The van der Waals surface area contributed by atoms with Crippen LogP contribution in [0.5, 0.6) is 0 Å². The van der Waals surface area contributed by atoms with Gasteiger partial charge in [-0.3, -0.25) is 9.59 Å². The molecule has 0 fully saturated rings. The van der Waals surface area contributed by atoms with E-state index in [0.29, 0.717) is 13.0 Å². The Morgan fingerprint density at radius 3 is 2.71 bits per heavy atom. The summed E-state index contributed by atoms with van der Waals surface area (Å²) in [6.45, 7) is 3.76. The Morgan fingerprint density at radius 1 is 1.42 bits per heavy atom. The van der Waals surface area contributed by atoms with E-state index < -0.39 is 23.8 Å². The first-order valence-corrected chi connectivity index (χ1v) is 8.02. The van der Waals surface area contributed by atoms with Crippen molar-refractivity contribution < 1.29 is 18.0 Å². The zero-order valence-corrected chi connectivity index (χ0v) is 13.7. The van der Waals surface area contributed by atoms with E-state index in [4.69, 9.17) is 0 Å². The maximum absolute atomic E-state index is 12.6. The predicted molar refractivity (Wildman–Crippen MR) is 81.8 cm³/mol. The number of nitrogens with zero attached hydrogens (tertiary/aromatic N) is 3. The summed E-state index contributed by atoms with van der Waals surface area (Å²) in [6.07, 6.45) is -3.84. The first-order chi connectivity index (χ1) is 11.2. The highest BCUT2D eigenvalue weighted by atomic mass is 32.1. The number of carbonyl (C=O) groups is 1. The fourth-order valence-electron chi connectivity index (χ4n) is 1.89. The number of hydrogen-bond donors (Lipinski definition) is 1. The molecule has 1 amide bonds. The molecular formula is C14H15F3N4O2S. The van der Waals surface area contributed by atoms with Crippen molar-refractivity contribution in [2.45, 2.75) is 39.0 Å². The maximum Gasteiger partial charge on any atom is 0.434 e. The highest BCUT2D eigenvalue weighted by Crippen LogP contribution is 2.31. The molecule has 0 spiro atoms. The summed E-state index contributed by atoms with van der Waals surface area (Å²) in [4.78, 5) is 27.2. The van der Waals surface area contributed by atoms with Crippen molar-refractivity contribution in [1.29, 1.82) is 0 Å². The number of nitrogens with one attached hydrogen (secondary N) is 1. The number of thiazole rings is 1. The largest absolute Gasteiger partial charge is 0.434 e. The molecule has 2 rings (SSSR count). The number of alkyl halides is 3. The molecule has 130 valence electrons. The second-order valence-electron chi connectivity index (χ2n) is 5.04. The summed E-state index contributed by atoms with van der Waals surface area (Å²) in [6, 6.07) is 1.79. The number of aromatic nitrogens is 3. The quantitative estimate of drug-likeness (QED) is 0.889. The molecule has 1 unspecified atom stereocenters. The third-order valence-corrected chi connectivity index (χ3v) is 4.09. The number of amides is 1. The van der Waals surface area contributed by atoms with Crippen LogP contribution < -0.4 is 10.9 Å². The predicted octanol–water partition coefficient (Wildman–Crippen LogP) is 2.62. The third-order valence-electron chi connectivity index (χ3n) is 3.07. The lowest BCUT2D eigenvalue weighted by molar-refractivity contribution is -0.140. The molecule has 0 aromatic carbocycles. The number of rotatable bonds is 5. The average Bonchev–Trinajstić information content (AvgIpc) is 2.99. The van der Waals surface area contributed by atoms with E-state index in [0.717, 1.165) is 16.7 Å². The number of halogens is 3. The summed E-state index contributed by atoms with van der Waals surface area (Å²) in [5, 5.41) is 7.52. The van der Waals surface area contributed by atoms with E-state index in [-0.39, 0.29) is 16.3 Å². The van der Waals surface area contributed by atoms with Gasteiger partial charge in [0.05, 0.1) is 6.04 Å². The number of hydrogen-bond acceptors (Lipinski definition) is 5. The van der Waals surface area contributed by atoms with E-state index in [9.17, 15) is 22.8 Å². The number of carbonyl (C=O) groups excluding carboxylic acids is 1. The SMILES string of the molecule is CCCn1nc(C(=O)NC(C)c2nc(C(F)(F)F)cs2)ccc1=O. The molecule has 6 nitrogen and oxygen atoms in total. The molecule has 0 aliphatic rings. The highest BCUT2D eigenvalue weighted by Gasteiger charge is 2.34. The molecule has 2 aromatic heterocycles. The van der Waals surface area contributed by atoms with Gasteiger partial charge in [0, 0.05) is 18.0 Å². The van der Waals surface area contributed by atoms with Gasteiger partial charge < -0.3 is 5.32 Å². The second kappa shape index (κ2) is 7.12. The Kier molecular flexibility index (Phi) is 5.37. The number of aryl methyl sites for hydroxylation is 1. The van der Waals surface area contributed by atoms with Crippen molar-refractivity contribution in [3.8, 4) is 0 Å². The van der Waals surface area contributed by atoms with Gasteiger partial charge in [-0.15, -0.1) is 11.3 Å². The van der Waals surface area contributed by atoms with E-state index >= 15 is 0 Å². The normalized spacial score (nSPS) is 12.9. The topological polar surface area (TPSA) is 76.9 Å². The molecule has 0 radical (unpaired) electrons. The van der Waals surface area contributed by atoms with Gasteiger partial charge in [0.2, 0.25) is 0 Å². The minimum Gasteiger partial charge on any atom is -0.342 e. The lowest BCUT2D eigenvalue weighted by Crippen LogP contribution is -2.31. The minimum absolute atomic E-state index is 0.0162. The van der Waals surface area contributed by atoms with E-state index in [2.05, 4.69) is 15.4 Å². The third kappa shape index (κ3) is 4.19. The first-order valence-electron chi connectivity index (χ1n) is 7.14. The van der Waals surface area contributed by atoms with Crippen LogP contribution in [0.2, 0.25) is 0 Å². The summed E-state index contributed by atoms with van der Waals surface area (Å²) < 4.78 is 38.9. The summed E-state index contributed by atoms with van der Waals surface area (Å²) in [7, 11) is 0. The van der Waals surface area contributed by atoms with Crippen molar-refractivity contribution in [3.63, 3.8) is 0 Å². The van der Waals surface area contributed by atoms with Crippen LogP contribution in [0, 0.1) is 0 Å². The molecule has 2 aromatic rings. The Balaban J connectivity index is 2.13. The lowest BCUT2D eigenvalue weighted by atomic mass is 10.3. The van der Waals surface area contributed by atoms with Gasteiger partial charge in [-0.2, -0.15) is 18.3 Å². The van der Waals surface area contributed by atoms with E-state index in [1.807, 2.05) is 6.92 Å². The average molecular weight is 360 g/mol. The molecule has 0 aliphatic heterocycles. The molecule has 24 heavy (non-hydrogen) atoms. The monoisotopic (exact) mass is 360 g/mol. The molecule has 0 saturated carbocycles. The molecule has 1 atom stereocenters. The molecule has 0 aliphatic carbocycles. The Hall–Kier alpha value is -2.23. The Morgan fingerprint density at radius 2 is 2.12 bits per heavy atom. The molecular weight excluding hydrogens is 345 g/mol. The van der Waals surface area contributed by atoms with E-state index in [1.165, 1.54) is 23.7 Å². The molecule has 10 heteroatoms.